The molecule has 0 unspecified atom stereocenters. The van der Waals surface area contributed by atoms with E-state index >= 15 is 0 Å². The fraction of sp³-hybridized carbons (Fsp3) is 0.464. The van der Waals surface area contributed by atoms with Gasteiger partial charge in [0.1, 0.15) is 11.7 Å². The Labute approximate surface area is 228 Å². The Morgan fingerprint density at radius 3 is 2.16 bits per heavy atom. The molecule has 3 amide bonds. The number of hydrogen-bond donors (Lipinski definition) is 0. The highest BCUT2D eigenvalue weighted by molar-refractivity contribution is 7.81. The maximum Gasteiger partial charge on any atom is 0.320 e. The van der Waals surface area contributed by atoms with Crippen LogP contribution in [0.25, 0.3) is 4.85 Å². The lowest BCUT2D eigenvalue weighted by molar-refractivity contribution is -0.123. The number of piperazine rings is 1. The highest BCUT2D eigenvalue weighted by Crippen LogP contribution is 2.48. The molecule has 196 valence electrons. The number of pyridine rings is 1. The molecule has 4 fully saturated rings. The van der Waals surface area contributed by atoms with E-state index in [2.05, 4.69) is 26.9 Å². The molecule has 2 aromatic rings. The molecule has 1 spiro atoms. The van der Waals surface area contributed by atoms with E-state index in [1.54, 1.807) is 11.1 Å². The van der Waals surface area contributed by atoms with Crippen LogP contribution >= 0.6 is 12.2 Å². The van der Waals surface area contributed by atoms with Gasteiger partial charge in [-0.3, -0.25) is 9.69 Å². The first-order valence-electron chi connectivity index (χ1n) is 13.3. The van der Waals surface area contributed by atoms with Gasteiger partial charge in [0, 0.05) is 50.6 Å². The number of aromatic nitrogens is 1. The van der Waals surface area contributed by atoms with Gasteiger partial charge in [0.15, 0.2) is 5.11 Å². The summed E-state index contributed by atoms with van der Waals surface area (Å²) in [4.78, 5) is 44.0. The first-order chi connectivity index (χ1) is 18.4. The zero-order chi connectivity index (χ0) is 26.4. The number of carbonyl (C=O) groups is 2. The maximum atomic E-state index is 13.7. The van der Waals surface area contributed by atoms with Gasteiger partial charge in [0.2, 0.25) is 0 Å². The second-order valence-electron chi connectivity index (χ2n) is 10.6. The summed E-state index contributed by atoms with van der Waals surface area (Å²) in [5.74, 6) is 0.312. The smallest absolute Gasteiger partial charge is 0.320 e. The molecule has 3 aliphatic heterocycles. The van der Waals surface area contributed by atoms with Crippen LogP contribution in [0.4, 0.5) is 27.7 Å². The number of amides is 3. The highest BCUT2D eigenvalue weighted by Gasteiger charge is 2.59. The number of urea groups is 1. The molecule has 1 aromatic heterocycles. The van der Waals surface area contributed by atoms with Crippen LogP contribution in [0.5, 0.6) is 0 Å². The third-order valence-corrected chi connectivity index (χ3v) is 8.76. The molecule has 0 N–H and O–H groups in total. The van der Waals surface area contributed by atoms with Crippen LogP contribution in [-0.2, 0) is 4.79 Å². The number of aryl methyl sites for hydroxylation is 1. The van der Waals surface area contributed by atoms with Crippen LogP contribution in [0.1, 0.15) is 37.7 Å². The van der Waals surface area contributed by atoms with Crippen molar-refractivity contribution in [3.63, 3.8) is 0 Å². The molecule has 10 heteroatoms. The fourth-order valence-corrected chi connectivity index (χ4v) is 6.55. The monoisotopic (exact) mass is 529 g/mol. The Morgan fingerprint density at radius 1 is 0.947 bits per heavy atom. The lowest BCUT2D eigenvalue weighted by atomic mass is 9.75. The molecular weight excluding hydrogens is 498 g/mol. The van der Waals surface area contributed by atoms with E-state index in [4.69, 9.17) is 18.8 Å². The van der Waals surface area contributed by atoms with Gasteiger partial charge < -0.3 is 24.4 Å². The van der Waals surface area contributed by atoms with Gasteiger partial charge in [-0.05, 0) is 87.1 Å². The van der Waals surface area contributed by atoms with E-state index in [0.29, 0.717) is 16.6 Å². The van der Waals surface area contributed by atoms with Gasteiger partial charge in [-0.2, -0.15) is 0 Å². The summed E-state index contributed by atoms with van der Waals surface area (Å²) < 4.78 is 0. The minimum Gasteiger partial charge on any atom is -0.368 e. The standard InChI is InChI=1S/C28H31N7O2S/c1-20-18-23(19-30-24(20)29-2)34-25(36)28(10-5-11-28)35(27(34)38)22-8-6-21(7-9-22)31-14-16-33(17-15-31)26(37)32-12-3-4-13-32/h6-9,18-19H,3-5,10-17H2,1H3. The van der Waals surface area contributed by atoms with Crippen molar-refractivity contribution in [2.45, 2.75) is 44.6 Å². The van der Waals surface area contributed by atoms with E-state index in [0.717, 1.165) is 88.3 Å². The number of anilines is 3. The first kappa shape index (κ1) is 24.6. The molecule has 1 aromatic carbocycles. The zero-order valence-electron chi connectivity index (χ0n) is 21.6. The Bertz CT molecular complexity index is 1320. The molecule has 1 saturated carbocycles. The number of hydrogen-bond acceptors (Lipinski definition) is 5. The van der Waals surface area contributed by atoms with Crippen molar-refractivity contribution < 1.29 is 9.59 Å². The minimum absolute atomic E-state index is 0.0200. The Kier molecular flexibility index (Phi) is 6.19. The number of benzene rings is 1. The molecule has 0 atom stereocenters. The van der Waals surface area contributed by atoms with Crippen LogP contribution in [0.3, 0.4) is 0 Å². The molecule has 6 rings (SSSR count). The van der Waals surface area contributed by atoms with Crippen molar-refractivity contribution >= 4 is 52.1 Å². The van der Waals surface area contributed by atoms with E-state index in [-0.39, 0.29) is 11.9 Å². The fourth-order valence-electron chi connectivity index (χ4n) is 6.08. The van der Waals surface area contributed by atoms with Crippen molar-refractivity contribution in [1.29, 1.82) is 0 Å². The molecular formula is C28H31N7O2S. The average molecular weight is 530 g/mol. The maximum absolute atomic E-state index is 13.7. The Balaban J connectivity index is 1.19. The van der Waals surface area contributed by atoms with Gasteiger partial charge >= 0.3 is 6.03 Å². The molecule has 3 saturated heterocycles. The molecule has 38 heavy (non-hydrogen) atoms. The first-order valence-corrected chi connectivity index (χ1v) is 13.8. The summed E-state index contributed by atoms with van der Waals surface area (Å²) in [5.41, 5.74) is 2.68. The predicted octanol–water partition coefficient (Wildman–Crippen LogP) is 4.34. The lowest BCUT2D eigenvalue weighted by Crippen LogP contribution is -2.55. The van der Waals surface area contributed by atoms with Gasteiger partial charge in [-0.1, -0.05) is 6.57 Å². The SMILES string of the molecule is [C-]#[N+]c1ncc(N2C(=O)C3(CCC3)N(c3ccc(N4CCN(C(=O)N5CCCC5)CC4)cc3)C2=S)cc1C. The Morgan fingerprint density at radius 2 is 1.58 bits per heavy atom. The van der Waals surface area contributed by atoms with Crippen LogP contribution in [0.2, 0.25) is 0 Å². The van der Waals surface area contributed by atoms with Crippen molar-refractivity contribution in [3.05, 3.63) is 53.5 Å². The second kappa shape index (κ2) is 9.55. The Hall–Kier alpha value is -3.71. The van der Waals surface area contributed by atoms with Crippen molar-refractivity contribution in [1.82, 2.24) is 14.8 Å². The number of carbonyl (C=O) groups excluding carboxylic acids is 2. The summed E-state index contributed by atoms with van der Waals surface area (Å²) in [6.45, 7) is 13.9. The second-order valence-corrected chi connectivity index (χ2v) is 10.9. The van der Waals surface area contributed by atoms with Crippen LogP contribution < -0.4 is 14.7 Å². The van der Waals surface area contributed by atoms with E-state index in [9.17, 15) is 9.59 Å². The zero-order valence-corrected chi connectivity index (χ0v) is 22.4. The van der Waals surface area contributed by atoms with E-state index in [1.165, 1.54) is 0 Å². The normalized spacial score (nSPS) is 20.8. The number of rotatable bonds is 3. The summed E-state index contributed by atoms with van der Waals surface area (Å²) in [6, 6.07) is 10.3. The lowest BCUT2D eigenvalue weighted by Gasteiger charge is -2.43. The average Bonchev–Trinajstić information content (AvgIpc) is 3.53. The van der Waals surface area contributed by atoms with Gasteiger partial charge in [0.25, 0.3) is 11.7 Å². The third kappa shape index (κ3) is 3.88. The van der Waals surface area contributed by atoms with Gasteiger partial charge in [-0.15, -0.1) is 4.98 Å². The summed E-state index contributed by atoms with van der Waals surface area (Å²) in [6.07, 6.45) is 6.26. The van der Waals surface area contributed by atoms with Crippen molar-refractivity contribution in [2.75, 3.05) is 54.0 Å². The van der Waals surface area contributed by atoms with Crippen LogP contribution in [0.15, 0.2) is 36.5 Å². The van der Waals surface area contributed by atoms with E-state index in [1.807, 2.05) is 39.8 Å². The molecule has 0 radical (unpaired) electrons. The number of nitrogens with zero attached hydrogens (tertiary/aromatic N) is 7. The third-order valence-electron chi connectivity index (χ3n) is 8.39. The molecule has 1 aliphatic carbocycles. The molecule has 4 aliphatic rings. The number of thiocarbonyl (C=S) groups is 1. The topological polar surface area (TPSA) is 67.6 Å². The highest BCUT2D eigenvalue weighted by atomic mass is 32.1. The van der Waals surface area contributed by atoms with Gasteiger partial charge in [0.05, 0.1) is 5.69 Å². The molecule has 9 nitrogen and oxygen atoms in total. The summed E-state index contributed by atoms with van der Waals surface area (Å²) in [7, 11) is 0. The molecule has 0 bridgehead atoms. The minimum atomic E-state index is -0.660. The van der Waals surface area contributed by atoms with Crippen LogP contribution in [-0.4, -0.2) is 76.6 Å². The summed E-state index contributed by atoms with van der Waals surface area (Å²) >= 11 is 5.89. The van der Waals surface area contributed by atoms with Crippen LogP contribution in [0, 0.1) is 13.5 Å². The van der Waals surface area contributed by atoms with Crippen molar-refractivity contribution in [3.8, 4) is 0 Å². The van der Waals surface area contributed by atoms with E-state index < -0.39 is 5.54 Å². The molecule has 4 heterocycles. The quantitative estimate of drug-likeness (QED) is 0.435. The summed E-state index contributed by atoms with van der Waals surface area (Å²) in [5, 5.41) is 0.452. The largest absolute Gasteiger partial charge is 0.368 e. The number of likely N-dealkylation sites (tertiary alicyclic amines) is 1. The van der Waals surface area contributed by atoms with Gasteiger partial charge in [-0.25, -0.2) is 4.79 Å². The van der Waals surface area contributed by atoms with Crippen molar-refractivity contribution in [2.24, 2.45) is 0 Å². The predicted molar refractivity (Wildman–Crippen MR) is 151 cm³/mol.